The number of amides is 1. The van der Waals surface area contributed by atoms with Crippen LogP contribution in [0.3, 0.4) is 0 Å². The van der Waals surface area contributed by atoms with E-state index in [0.717, 1.165) is 5.69 Å². The molecule has 5 nitrogen and oxygen atoms in total. The van der Waals surface area contributed by atoms with Crippen LogP contribution in [0.2, 0.25) is 0 Å². The third-order valence-corrected chi connectivity index (χ3v) is 2.63. The minimum Gasteiger partial charge on any atom is -0.383 e. The van der Waals surface area contributed by atoms with Crippen molar-refractivity contribution in [3.63, 3.8) is 0 Å². The van der Waals surface area contributed by atoms with Gasteiger partial charge in [-0.2, -0.15) is 5.10 Å². The van der Waals surface area contributed by atoms with Crippen LogP contribution in [-0.4, -0.2) is 15.7 Å². The van der Waals surface area contributed by atoms with E-state index in [9.17, 15) is 4.79 Å². The molecule has 1 amide bonds. The van der Waals surface area contributed by atoms with Gasteiger partial charge < -0.3 is 5.73 Å². The number of para-hydroxylation sites is 1. The number of nitrogen functional groups attached to an aromatic ring is 1. The van der Waals surface area contributed by atoms with E-state index < -0.39 is 0 Å². The predicted molar refractivity (Wildman–Crippen MR) is 69.5 cm³/mol. The molecule has 1 aromatic heterocycles. The minimum atomic E-state index is -0.250. The molecular formula is C10H9IN4O. The molecule has 82 valence electrons. The molecule has 0 saturated carbocycles. The fourth-order valence-electron chi connectivity index (χ4n) is 1.36. The van der Waals surface area contributed by atoms with Gasteiger partial charge in [-0.25, -0.2) is 4.68 Å². The summed E-state index contributed by atoms with van der Waals surface area (Å²) in [6.45, 7) is 0. The van der Waals surface area contributed by atoms with Crippen LogP contribution < -0.4 is 9.26 Å². The molecule has 0 aliphatic heterocycles. The number of rotatable bonds is 2. The minimum absolute atomic E-state index is 0.250. The van der Waals surface area contributed by atoms with Crippen molar-refractivity contribution >= 4 is 34.6 Å². The normalized spacial score (nSPS) is 10.1. The van der Waals surface area contributed by atoms with Crippen molar-refractivity contribution < 1.29 is 4.79 Å². The molecule has 0 saturated heterocycles. The average Bonchev–Trinajstić information content (AvgIpc) is 2.71. The van der Waals surface area contributed by atoms with Crippen LogP contribution in [0.4, 0.5) is 5.82 Å². The van der Waals surface area contributed by atoms with E-state index in [-0.39, 0.29) is 5.91 Å². The van der Waals surface area contributed by atoms with Crippen molar-refractivity contribution in [1.29, 1.82) is 0 Å². The summed E-state index contributed by atoms with van der Waals surface area (Å²) in [5, 5.41) is 4.08. The van der Waals surface area contributed by atoms with Crippen LogP contribution in [0.15, 0.2) is 36.5 Å². The van der Waals surface area contributed by atoms with Gasteiger partial charge in [-0.15, -0.1) is 0 Å². The van der Waals surface area contributed by atoms with Crippen LogP contribution >= 0.6 is 22.9 Å². The maximum Gasteiger partial charge on any atom is 0.265 e. The highest BCUT2D eigenvalue weighted by molar-refractivity contribution is 14.1. The van der Waals surface area contributed by atoms with Crippen LogP contribution in [0.25, 0.3) is 5.69 Å². The molecule has 0 unspecified atom stereocenters. The zero-order chi connectivity index (χ0) is 11.5. The standard InChI is InChI=1S/C10H9IN4O/c11-14-10(16)8-6-13-15(9(8)12)7-4-2-1-3-5-7/h1-6H,12H2,(H,14,16). The monoisotopic (exact) mass is 328 g/mol. The highest BCUT2D eigenvalue weighted by Gasteiger charge is 2.14. The van der Waals surface area contributed by atoms with Gasteiger partial charge in [0.25, 0.3) is 5.91 Å². The summed E-state index contributed by atoms with van der Waals surface area (Å²) in [5.41, 5.74) is 7.05. The number of nitrogens with two attached hydrogens (primary N) is 1. The third kappa shape index (κ3) is 1.87. The van der Waals surface area contributed by atoms with E-state index in [1.807, 2.05) is 30.3 Å². The molecule has 0 spiro atoms. The number of benzene rings is 1. The van der Waals surface area contributed by atoms with Crippen LogP contribution in [0.5, 0.6) is 0 Å². The second-order valence-corrected chi connectivity index (χ2v) is 3.65. The Kier molecular flexibility index (Phi) is 3.09. The topological polar surface area (TPSA) is 72.9 Å². The van der Waals surface area contributed by atoms with Crippen molar-refractivity contribution in [3.05, 3.63) is 42.1 Å². The van der Waals surface area contributed by atoms with E-state index in [1.165, 1.54) is 10.9 Å². The quantitative estimate of drug-likeness (QED) is 0.649. The Morgan fingerprint density at radius 2 is 2.06 bits per heavy atom. The SMILES string of the molecule is Nc1c(C(=O)NI)cnn1-c1ccccc1. The third-order valence-electron chi connectivity index (χ3n) is 2.14. The van der Waals surface area contributed by atoms with Gasteiger partial charge in [0.1, 0.15) is 11.4 Å². The Bertz CT molecular complexity index is 509. The van der Waals surface area contributed by atoms with Gasteiger partial charge in [0.05, 0.1) is 34.7 Å². The van der Waals surface area contributed by atoms with Gasteiger partial charge >= 0.3 is 0 Å². The molecule has 0 fully saturated rings. The first-order chi connectivity index (χ1) is 7.74. The molecule has 0 aliphatic carbocycles. The first-order valence-electron chi connectivity index (χ1n) is 4.54. The zero-order valence-electron chi connectivity index (χ0n) is 8.22. The van der Waals surface area contributed by atoms with E-state index >= 15 is 0 Å². The Balaban J connectivity index is 2.45. The molecule has 6 heteroatoms. The Hall–Kier alpha value is -1.57. The number of hydrogen-bond acceptors (Lipinski definition) is 3. The molecule has 16 heavy (non-hydrogen) atoms. The summed E-state index contributed by atoms with van der Waals surface area (Å²) in [5.74, 6) is 0.0839. The molecule has 0 radical (unpaired) electrons. The van der Waals surface area contributed by atoms with Crippen molar-refractivity contribution in [2.24, 2.45) is 0 Å². The van der Waals surface area contributed by atoms with E-state index in [0.29, 0.717) is 11.4 Å². The molecule has 1 heterocycles. The fourth-order valence-corrected chi connectivity index (χ4v) is 1.65. The van der Waals surface area contributed by atoms with Gasteiger partial charge in [-0.05, 0) is 12.1 Å². The van der Waals surface area contributed by atoms with Gasteiger partial charge in [0.2, 0.25) is 0 Å². The number of anilines is 1. The van der Waals surface area contributed by atoms with Gasteiger partial charge in [0, 0.05) is 0 Å². The zero-order valence-corrected chi connectivity index (χ0v) is 10.4. The molecule has 2 rings (SSSR count). The number of nitrogens with zero attached hydrogens (tertiary/aromatic N) is 2. The number of aromatic nitrogens is 2. The van der Waals surface area contributed by atoms with Gasteiger partial charge in [0.15, 0.2) is 0 Å². The number of hydrogen-bond donors (Lipinski definition) is 2. The average molecular weight is 328 g/mol. The van der Waals surface area contributed by atoms with Crippen LogP contribution in [-0.2, 0) is 0 Å². The maximum atomic E-state index is 11.4. The highest BCUT2D eigenvalue weighted by Crippen LogP contribution is 2.16. The first kappa shape index (κ1) is 10.9. The number of carbonyl (C=O) groups excluding carboxylic acids is 1. The molecule has 0 bridgehead atoms. The lowest BCUT2D eigenvalue weighted by atomic mass is 10.3. The summed E-state index contributed by atoms with van der Waals surface area (Å²) in [7, 11) is 0. The van der Waals surface area contributed by atoms with E-state index in [4.69, 9.17) is 5.73 Å². The number of halogens is 1. The van der Waals surface area contributed by atoms with Crippen molar-refractivity contribution in [3.8, 4) is 5.69 Å². The second kappa shape index (κ2) is 4.52. The summed E-state index contributed by atoms with van der Waals surface area (Å²) < 4.78 is 4.01. The maximum absolute atomic E-state index is 11.4. The molecule has 2 aromatic rings. The predicted octanol–water partition coefficient (Wildman–Crippen LogP) is 1.53. The lowest BCUT2D eigenvalue weighted by Crippen LogP contribution is -2.13. The number of carbonyl (C=O) groups is 1. The Morgan fingerprint density at radius 1 is 1.38 bits per heavy atom. The molecule has 0 aliphatic rings. The number of nitrogens with one attached hydrogen (secondary N) is 1. The van der Waals surface area contributed by atoms with E-state index in [2.05, 4.69) is 8.63 Å². The second-order valence-electron chi connectivity index (χ2n) is 3.11. The van der Waals surface area contributed by atoms with Gasteiger partial charge in [-0.3, -0.25) is 8.32 Å². The molecule has 3 N–H and O–H groups in total. The lowest BCUT2D eigenvalue weighted by molar-refractivity contribution is 0.0990. The summed E-state index contributed by atoms with van der Waals surface area (Å²) >= 11 is 1.77. The first-order valence-corrected chi connectivity index (χ1v) is 5.62. The van der Waals surface area contributed by atoms with Gasteiger partial charge in [-0.1, -0.05) is 18.2 Å². The molecule has 1 aromatic carbocycles. The Morgan fingerprint density at radius 3 is 2.69 bits per heavy atom. The van der Waals surface area contributed by atoms with Crippen molar-refractivity contribution in [2.75, 3.05) is 5.73 Å². The van der Waals surface area contributed by atoms with Crippen molar-refractivity contribution in [1.82, 2.24) is 13.3 Å². The summed E-state index contributed by atoms with van der Waals surface area (Å²) in [4.78, 5) is 11.4. The highest BCUT2D eigenvalue weighted by atomic mass is 127. The van der Waals surface area contributed by atoms with E-state index in [1.54, 1.807) is 22.9 Å². The summed E-state index contributed by atoms with van der Waals surface area (Å²) in [6, 6.07) is 9.41. The lowest BCUT2D eigenvalue weighted by Gasteiger charge is -2.03. The van der Waals surface area contributed by atoms with Crippen molar-refractivity contribution in [2.45, 2.75) is 0 Å². The largest absolute Gasteiger partial charge is 0.383 e. The fraction of sp³-hybridized carbons (Fsp3) is 0. The summed E-state index contributed by atoms with van der Waals surface area (Å²) in [6.07, 6.45) is 1.45. The molecule has 0 atom stereocenters. The smallest absolute Gasteiger partial charge is 0.265 e. The van der Waals surface area contributed by atoms with Crippen LogP contribution in [0.1, 0.15) is 10.4 Å². The Labute approximate surface area is 106 Å². The van der Waals surface area contributed by atoms with Crippen LogP contribution in [0, 0.1) is 0 Å². The molecular weight excluding hydrogens is 319 g/mol.